The van der Waals surface area contributed by atoms with Gasteiger partial charge in [-0.2, -0.15) is 5.10 Å². The Morgan fingerprint density at radius 2 is 1.57 bits per heavy atom. The van der Waals surface area contributed by atoms with Crippen molar-refractivity contribution in [3.05, 3.63) is 125 Å². The van der Waals surface area contributed by atoms with E-state index in [1.54, 1.807) is 30.5 Å². The van der Waals surface area contributed by atoms with Crippen LogP contribution in [0, 0.1) is 10.1 Å². The van der Waals surface area contributed by atoms with Crippen LogP contribution in [0.2, 0.25) is 0 Å². The first kappa shape index (κ1) is 26.0. The molecule has 200 valence electrons. The molecule has 40 heavy (non-hydrogen) atoms. The minimum atomic E-state index is -0.566. The maximum Gasteiger partial charge on any atom is 0.276 e. The molecule has 0 aliphatic heterocycles. The van der Waals surface area contributed by atoms with Crippen molar-refractivity contribution in [2.75, 3.05) is 12.4 Å². The summed E-state index contributed by atoms with van der Waals surface area (Å²) in [6, 6.07) is 30.1. The number of aromatic nitrogens is 2. The number of anilines is 1. The van der Waals surface area contributed by atoms with Gasteiger partial charge >= 0.3 is 0 Å². The molecule has 1 heterocycles. The number of carbonyl (C=O) groups is 1. The molecule has 0 fully saturated rings. The zero-order chi connectivity index (χ0) is 27.9. The number of nitrogens with one attached hydrogen (secondary N) is 1. The SMILES string of the molecule is COc1ccccc1Oc1cc(NC(=O)c2ccn(COc3ccc(-c4ccccc4)cc3)n2)cc([N+](=O)[O-])c1. The number of benzene rings is 4. The Labute approximate surface area is 229 Å². The third-order valence-electron chi connectivity index (χ3n) is 5.86. The highest BCUT2D eigenvalue weighted by Crippen LogP contribution is 2.34. The molecule has 10 heteroatoms. The Hall–Kier alpha value is -5.64. The fourth-order valence-corrected chi connectivity index (χ4v) is 3.91. The number of nitrogens with zero attached hydrogens (tertiary/aromatic N) is 3. The number of hydrogen-bond acceptors (Lipinski definition) is 7. The smallest absolute Gasteiger partial charge is 0.276 e. The van der Waals surface area contributed by atoms with Crippen molar-refractivity contribution < 1.29 is 23.9 Å². The highest BCUT2D eigenvalue weighted by Gasteiger charge is 2.16. The molecular weight excluding hydrogens is 512 g/mol. The van der Waals surface area contributed by atoms with E-state index in [1.165, 1.54) is 36.1 Å². The number of nitro groups is 1. The van der Waals surface area contributed by atoms with E-state index >= 15 is 0 Å². The fraction of sp³-hybridized carbons (Fsp3) is 0.0667. The Morgan fingerprint density at radius 3 is 2.30 bits per heavy atom. The summed E-state index contributed by atoms with van der Waals surface area (Å²) >= 11 is 0. The third kappa shape index (κ3) is 6.25. The van der Waals surface area contributed by atoms with E-state index in [4.69, 9.17) is 14.2 Å². The van der Waals surface area contributed by atoms with Crippen LogP contribution < -0.4 is 19.5 Å². The van der Waals surface area contributed by atoms with Crippen molar-refractivity contribution in [2.45, 2.75) is 6.73 Å². The second-order valence-electron chi connectivity index (χ2n) is 8.58. The van der Waals surface area contributed by atoms with Crippen LogP contribution in [0.25, 0.3) is 11.1 Å². The lowest BCUT2D eigenvalue weighted by atomic mass is 10.1. The summed E-state index contributed by atoms with van der Waals surface area (Å²) in [7, 11) is 1.49. The molecule has 0 aliphatic rings. The fourth-order valence-electron chi connectivity index (χ4n) is 3.91. The van der Waals surface area contributed by atoms with Crippen LogP contribution in [-0.4, -0.2) is 27.7 Å². The average Bonchev–Trinajstić information content (AvgIpc) is 3.46. The number of methoxy groups -OCH3 is 1. The Balaban J connectivity index is 1.24. The quantitative estimate of drug-likeness (QED) is 0.159. The predicted octanol–water partition coefficient (Wildman–Crippen LogP) is 6.55. The van der Waals surface area contributed by atoms with Crippen LogP contribution in [0.1, 0.15) is 10.5 Å². The van der Waals surface area contributed by atoms with Crippen LogP contribution in [0.4, 0.5) is 11.4 Å². The molecule has 0 aliphatic carbocycles. The minimum absolute atomic E-state index is 0.0890. The maximum absolute atomic E-state index is 12.9. The summed E-state index contributed by atoms with van der Waals surface area (Å²) in [4.78, 5) is 23.8. The van der Waals surface area contributed by atoms with Gasteiger partial charge < -0.3 is 19.5 Å². The molecule has 0 spiro atoms. The van der Waals surface area contributed by atoms with Gasteiger partial charge in [-0.05, 0) is 41.5 Å². The maximum atomic E-state index is 12.9. The van der Waals surface area contributed by atoms with E-state index < -0.39 is 10.8 Å². The van der Waals surface area contributed by atoms with Gasteiger partial charge in [0.2, 0.25) is 0 Å². The van der Waals surface area contributed by atoms with Gasteiger partial charge in [-0.15, -0.1) is 0 Å². The van der Waals surface area contributed by atoms with E-state index in [1.807, 2.05) is 54.6 Å². The lowest BCUT2D eigenvalue weighted by Crippen LogP contribution is -2.14. The van der Waals surface area contributed by atoms with Gasteiger partial charge in [-0.1, -0.05) is 54.6 Å². The molecule has 10 nitrogen and oxygen atoms in total. The van der Waals surface area contributed by atoms with E-state index in [-0.39, 0.29) is 29.5 Å². The first-order valence-corrected chi connectivity index (χ1v) is 12.2. The summed E-state index contributed by atoms with van der Waals surface area (Å²) in [5, 5.41) is 18.4. The van der Waals surface area contributed by atoms with Gasteiger partial charge in [-0.25, -0.2) is 4.68 Å². The molecule has 0 atom stereocenters. The number of non-ortho nitro benzene ring substituents is 1. The van der Waals surface area contributed by atoms with Crippen LogP contribution >= 0.6 is 0 Å². The minimum Gasteiger partial charge on any atom is -0.493 e. The number of ether oxygens (including phenoxy) is 3. The normalized spacial score (nSPS) is 10.5. The molecule has 1 aromatic heterocycles. The zero-order valence-corrected chi connectivity index (χ0v) is 21.4. The zero-order valence-electron chi connectivity index (χ0n) is 21.4. The van der Waals surface area contributed by atoms with E-state index in [0.717, 1.165) is 11.1 Å². The molecule has 5 rings (SSSR count). The summed E-state index contributed by atoms with van der Waals surface area (Å²) < 4.78 is 18.4. The Morgan fingerprint density at radius 1 is 0.875 bits per heavy atom. The van der Waals surface area contributed by atoms with Crippen molar-refractivity contribution in [3.8, 4) is 34.1 Å². The summed E-state index contributed by atoms with van der Waals surface area (Å²) in [6.45, 7) is 0.0890. The standard InChI is InChI=1S/C30H24N4O6/c1-38-28-9-5-6-10-29(28)40-26-18-23(17-24(19-26)34(36)37)31-30(35)27-15-16-33(32-27)20-39-25-13-11-22(12-14-25)21-7-3-2-4-8-21/h2-19H,20H2,1H3,(H,31,35). The van der Waals surface area contributed by atoms with Crippen molar-refractivity contribution in [3.63, 3.8) is 0 Å². The average molecular weight is 537 g/mol. The highest BCUT2D eigenvalue weighted by molar-refractivity contribution is 6.03. The van der Waals surface area contributed by atoms with E-state index in [9.17, 15) is 14.9 Å². The molecule has 0 bridgehead atoms. The summed E-state index contributed by atoms with van der Waals surface area (Å²) in [5.74, 6) is 1.09. The number of amides is 1. The summed E-state index contributed by atoms with van der Waals surface area (Å²) in [5.41, 5.74) is 2.22. The van der Waals surface area contributed by atoms with Gasteiger partial charge in [0.15, 0.2) is 23.9 Å². The van der Waals surface area contributed by atoms with Gasteiger partial charge in [-0.3, -0.25) is 14.9 Å². The number of rotatable bonds is 10. The Bertz CT molecular complexity index is 1630. The number of nitro benzene ring substituents is 1. The lowest BCUT2D eigenvalue weighted by molar-refractivity contribution is -0.384. The largest absolute Gasteiger partial charge is 0.493 e. The Kier molecular flexibility index (Phi) is 7.68. The molecular formula is C30H24N4O6. The van der Waals surface area contributed by atoms with Crippen molar-refractivity contribution >= 4 is 17.3 Å². The second-order valence-corrected chi connectivity index (χ2v) is 8.58. The van der Waals surface area contributed by atoms with Crippen LogP contribution in [0.15, 0.2) is 109 Å². The first-order chi connectivity index (χ1) is 19.5. The van der Waals surface area contributed by atoms with E-state index in [0.29, 0.717) is 17.2 Å². The van der Waals surface area contributed by atoms with Crippen molar-refractivity contribution in [1.29, 1.82) is 0 Å². The van der Waals surface area contributed by atoms with Crippen LogP contribution in [0.3, 0.4) is 0 Å². The number of hydrogen-bond donors (Lipinski definition) is 1. The van der Waals surface area contributed by atoms with Crippen LogP contribution in [-0.2, 0) is 6.73 Å². The van der Waals surface area contributed by atoms with Gasteiger partial charge in [0.05, 0.1) is 23.8 Å². The van der Waals surface area contributed by atoms with Gasteiger partial charge in [0.25, 0.3) is 11.6 Å². The molecule has 0 saturated heterocycles. The van der Waals surface area contributed by atoms with E-state index in [2.05, 4.69) is 10.4 Å². The van der Waals surface area contributed by atoms with Gasteiger partial charge in [0.1, 0.15) is 11.5 Å². The van der Waals surface area contributed by atoms with Crippen molar-refractivity contribution in [1.82, 2.24) is 9.78 Å². The molecule has 1 amide bonds. The number of carbonyl (C=O) groups excluding carboxylic acids is 1. The number of para-hydroxylation sites is 2. The molecule has 0 unspecified atom stereocenters. The second kappa shape index (κ2) is 11.8. The third-order valence-corrected chi connectivity index (χ3v) is 5.86. The molecule has 0 radical (unpaired) electrons. The molecule has 1 N–H and O–H groups in total. The highest BCUT2D eigenvalue weighted by atomic mass is 16.6. The molecule has 4 aromatic carbocycles. The molecule has 5 aromatic rings. The predicted molar refractivity (Wildman–Crippen MR) is 149 cm³/mol. The first-order valence-electron chi connectivity index (χ1n) is 12.2. The monoisotopic (exact) mass is 536 g/mol. The van der Waals surface area contributed by atoms with Gasteiger partial charge in [0, 0.05) is 18.3 Å². The summed E-state index contributed by atoms with van der Waals surface area (Å²) in [6.07, 6.45) is 1.61. The molecule has 0 saturated carbocycles. The lowest BCUT2D eigenvalue weighted by Gasteiger charge is -2.11. The van der Waals surface area contributed by atoms with Crippen LogP contribution in [0.5, 0.6) is 23.0 Å². The topological polar surface area (TPSA) is 118 Å². The van der Waals surface area contributed by atoms with Crippen molar-refractivity contribution in [2.24, 2.45) is 0 Å².